The lowest BCUT2D eigenvalue weighted by Crippen LogP contribution is -2.33. The summed E-state index contributed by atoms with van der Waals surface area (Å²) in [5, 5.41) is 0. The molecule has 0 bridgehead atoms. The van der Waals surface area contributed by atoms with Gasteiger partial charge in [-0.1, -0.05) is 12.8 Å². The van der Waals surface area contributed by atoms with E-state index >= 15 is 0 Å². The van der Waals surface area contributed by atoms with Crippen LogP contribution in [-0.2, 0) is 4.74 Å². The van der Waals surface area contributed by atoms with Crippen molar-refractivity contribution in [2.75, 3.05) is 39.4 Å². The molecule has 1 saturated heterocycles. The minimum atomic E-state index is 0.727. The number of piperidine rings is 1. The Labute approximate surface area is 106 Å². The summed E-state index contributed by atoms with van der Waals surface area (Å²) in [5.41, 5.74) is 5.78. The molecule has 1 aliphatic heterocycles. The molecule has 17 heavy (non-hydrogen) atoms. The summed E-state index contributed by atoms with van der Waals surface area (Å²) >= 11 is 0. The molecule has 2 N–H and O–H groups in total. The first-order valence-electron chi connectivity index (χ1n) is 7.40. The van der Waals surface area contributed by atoms with Gasteiger partial charge in [-0.05, 0) is 57.2 Å². The zero-order valence-corrected chi connectivity index (χ0v) is 11.1. The van der Waals surface area contributed by atoms with Gasteiger partial charge in [-0.15, -0.1) is 0 Å². The van der Waals surface area contributed by atoms with E-state index < -0.39 is 0 Å². The Bertz CT molecular complexity index is 204. The Balaban J connectivity index is 1.53. The standard InChI is InChI=1S/C14H28N2O/c15-11-13-5-4-6-14(13)12-17-10-9-16-7-2-1-3-8-16/h13-14H,1-12,15H2. The van der Waals surface area contributed by atoms with Gasteiger partial charge < -0.3 is 15.4 Å². The van der Waals surface area contributed by atoms with E-state index in [2.05, 4.69) is 4.90 Å². The smallest absolute Gasteiger partial charge is 0.0593 e. The highest BCUT2D eigenvalue weighted by Gasteiger charge is 2.25. The van der Waals surface area contributed by atoms with Gasteiger partial charge in [-0.25, -0.2) is 0 Å². The summed E-state index contributed by atoms with van der Waals surface area (Å²) in [5.74, 6) is 1.46. The molecule has 0 aromatic carbocycles. The molecule has 0 aromatic rings. The van der Waals surface area contributed by atoms with Gasteiger partial charge in [0.15, 0.2) is 0 Å². The summed E-state index contributed by atoms with van der Waals surface area (Å²) in [4.78, 5) is 2.54. The Hall–Kier alpha value is -0.120. The third kappa shape index (κ3) is 4.23. The maximum absolute atomic E-state index is 5.86. The fourth-order valence-electron chi connectivity index (χ4n) is 3.25. The second-order valence-electron chi connectivity index (χ2n) is 5.66. The lowest BCUT2D eigenvalue weighted by atomic mass is 9.97. The molecule has 1 heterocycles. The number of hydrogen-bond donors (Lipinski definition) is 1. The number of nitrogens with zero attached hydrogens (tertiary/aromatic N) is 1. The van der Waals surface area contributed by atoms with Crippen LogP contribution in [0.2, 0.25) is 0 Å². The molecule has 0 radical (unpaired) electrons. The summed E-state index contributed by atoms with van der Waals surface area (Å²) in [7, 11) is 0. The molecule has 0 spiro atoms. The van der Waals surface area contributed by atoms with Crippen molar-refractivity contribution in [1.82, 2.24) is 4.90 Å². The molecule has 3 heteroatoms. The average molecular weight is 240 g/mol. The van der Waals surface area contributed by atoms with Gasteiger partial charge >= 0.3 is 0 Å². The molecule has 3 nitrogen and oxygen atoms in total. The predicted molar refractivity (Wildman–Crippen MR) is 71.0 cm³/mol. The SMILES string of the molecule is NCC1CCCC1COCCN1CCCCC1. The van der Waals surface area contributed by atoms with Crippen LogP contribution >= 0.6 is 0 Å². The van der Waals surface area contributed by atoms with E-state index in [9.17, 15) is 0 Å². The van der Waals surface area contributed by atoms with Crippen LogP contribution in [0.4, 0.5) is 0 Å². The van der Waals surface area contributed by atoms with Crippen molar-refractivity contribution in [1.29, 1.82) is 0 Å². The number of ether oxygens (including phenoxy) is 1. The Kier molecular flexibility index (Phi) is 5.75. The first-order valence-corrected chi connectivity index (χ1v) is 7.40. The summed E-state index contributed by atoms with van der Waals surface area (Å²) in [6.07, 6.45) is 8.15. The second kappa shape index (κ2) is 7.34. The molecule has 0 amide bonds. The van der Waals surface area contributed by atoms with Gasteiger partial charge in [0.2, 0.25) is 0 Å². The highest BCUT2D eigenvalue weighted by molar-refractivity contribution is 4.77. The molecule has 100 valence electrons. The van der Waals surface area contributed by atoms with Crippen LogP contribution in [0.1, 0.15) is 38.5 Å². The van der Waals surface area contributed by atoms with Gasteiger partial charge in [0.1, 0.15) is 0 Å². The monoisotopic (exact) mass is 240 g/mol. The van der Waals surface area contributed by atoms with Crippen molar-refractivity contribution in [3.8, 4) is 0 Å². The van der Waals surface area contributed by atoms with Crippen molar-refractivity contribution in [2.24, 2.45) is 17.6 Å². The van der Waals surface area contributed by atoms with Crippen LogP contribution in [-0.4, -0.2) is 44.3 Å². The minimum absolute atomic E-state index is 0.727. The quantitative estimate of drug-likeness (QED) is 0.720. The van der Waals surface area contributed by atoms with Crippen LogP contribution in [0.25, 0.3) is 0 Å². The molecule has 2 fully saturated rings. The lowest BCUT2D eigenvalue weighted by Gasteiger charge is -2.26. The first-order chi connectivity index (χ1) is 8.40. The second-order valence-corrected chi connectivity index (χ2v) is 5.66. The van der Waals surface area contributed by atoms with Crippen LogP contribution in [0.15, 0.2) is 0 Å². The topological polar surface area (TPSA) is 38.5 Å². The number of likely N-dealkylation sites (tertiary alicyclic amines) is 1. The van der Waals surface area contributed by atoms with E-state index in [1.807, 2.05) is 0 Å². The molecule has 2 aliphatic rings. The summed E-state index contributed by atoms with van der Waals surface area (Å²) in [6.45, 7) is 6.38. The Morgan fingerprint density at radius 2 is 1.76 bits per heavy atom. The van der Waals surface area contributed by atoms with E-state index in [0.29, 0.717) is 0 Å². The van der Waals surface area contributed by atoms with Gasteiger partial charge in [0, 0.05) is 13.2 Å². The first kappa shape index (κ1) is 13.3. The van der Waals surface area contributed by atoms with Crippen LogP contribution in [0, 0.1) is 11.8 Å². The van der Waals surface area contributed by atoms with E-state index in [-0.39, 0.29) is 0 Å². The normalized spacial score (nSPS) is 30.9. The Morgan fingerprint density at radius 3 is 2.53 bits per heavy atom. The Morgan fingerprint density at radius 1 is 1.00 bits per heavy atom. The van der Waals surface area contributed by atoms with Crippen molar-refractivity contribution in [3.05, 3.63) is 0 Å². The molecule has 0 aromatic heterocycles. The van der Waals surface area contributed by atoms with Crippen LogP contribution in [0.3, 0.4) is 0 Å². The molecule has 2 atom stereocenters. The number of hydrogen-bond acceptors (Lipinski definition) is 3. The maximum atomic E-state index is 5.86. The predicted octanol–water partition coefficient (Wildman–Crippen LogP) is 1.86. The van der Waals surface area contributed by atoms with Gasteiger partial charge in [0.25, 0.3) is 0 Å². The van der Waals surface area contributed by atoms with E-state index in [1.54, 1.807) is 0 Å². The van der Waals surface area contributed by atoms with E-state index in [1.165, 1.54) is 51.6 Å². The molecule has 2 unspecified atom stereocenters. The third-order valence-electron chi connectivity index (χ3n) is 4.45. The lowest BCUT2D eigenvalue weighted by molar-refractivity contribution is 0.0639. The molecule has 1 saturated carbocycles. The third-order valence-corrected chi connectivity index (χ3v) is 4.45. The van der Waals surface area contributed by atoms with E-state index in [4.69, 9.17) is 10.5 Å². The molecule has 1 aliphatic carbocycles. The highest BCUT2D eigenvalue weighted by atomic mass is 16.5. The van der Waals surface area contributed by atoms with Crippen molar-refractivity contribution < 1.29 is 4.74 Å². The molecular formula is C14H28N2O. The number of nitrogens with two attached hydrogens (primary N) is 1. The molecule has 2 rings (SSSR count). The zero-order chi connectivity index (χ0) is 11.9. The molecular weight excluding hydrogens is 212 g/mol. The zero-order valence-electron chi connectivity index (χ0n) is 11.1. The summed E-state index contributed by atoms with van der Waals surface area (Å²) < 4.78 is 5.86. The fraction of sp³-hybridized carbons (Fsp3) is 1.00. The average Bonchev–Trinajstić information content (AvgIpc) is 2.83. The highest BCUT2D eigenvalue weighted by Crippen LogP contribution is 2.30. The number of rotatable bonds is 6. The van der Waals surface area contributed by atoms with E-state index in [0.717, 1.165) is 38.1 Å². The summed E-state index contributed by atoms with van der Waals surface area (Å²) in [6, 6.07) is 0. The van der Waals surface area contributed by atoms with Crippen LogP contribution < -0.4 is 5.73 Å². The largest absolute Gasteiger partial charge is 0.380 e. The van der Waals surface area contributed by atoms with Gasteiger partial charge in [-0.3, -0.25) is 0 Å². The van der Waals surface area contributed by atoms with Crippen molar-refractivity contribution in [3.63, 3.8) is 0 Å². The van der Waals surface area contributed by atoms with Crippen molar-refractivity contribution in [2.45, 2.75) is 38.5 Å². The van der Waals surface area contributed by atoms with Gasteiger partial charge in [-0.2, -0.15) is 0 Å². The minimum Gasteiger partial charge on any atom is -0.380 e. The maximum Gasteiger partial charge on any atom is 0.0593 e. The fourth-order valence-corrected chi connectivity index (χ4v) is 3.25. The van der Waals surface area contributed by atoms with Crippen molar-refractivity contribution >= 4 is 0 Å². The van der Waals surface area contributed by atoms with Gasteiger partial charge in [0.05, 0.1) is 6.61 Å². The van der Waals surface area contributed by atoms with Crippen LogP contribution in [0.5, 0.6) is 0 Å².